The summed E-state index contributed by atoms with van der Waals surface area (Å²) in [6.45, 7) is 8.21. The molecule has 200 valence electrons. The lowest BCUT2D eigenvalue weighted by Crippen LogP contribution is -2.27. The van der Waals surface area contributed by atoms with Gasteiger partial charge in [0.05, 0.1) is 40.3 Å². The van der Waals surface area contributed by atoms with Crippen molar-refractivity contribution in [3.63, 3.8) is 0 Å². The fourth-order valence-electron chi connectivity index (χ4n) is 4.58. The number of benzene rings is 1. The number of aromatic carboxylic acids is 1. The molecule has 0 aliphatic carbocycles. The Hall–Kier alpha value is -4.44. The molecule has 0 unspecified atom stereocenters. The van der Waals surface area contributed by atoms with Gasteiger partial charge in [-0.05, 0) is 63.1 Å². The van der Waals surface area contributed by atoms with E-state index < -0.39 is 28.7 Å². The van der Waals surface area contributed by atoms with E-state index in [1.54, 1.807) is 50.6 Å². The van der Waals surface area contributed by atoms with Crippen LogP contribution in [0.4, 0.5) is 16.3 Å². The predicted molar refractivity (Wildman–Crippen MR) is 148 cm³/mol. The van der Waals surface area contributed by atoms with Gasteiger partial charge in [-0.15, -0.1) is 0 Å². The van der Waals surface area contributed by atoms with Gasteiger partial charge in [-0.1, -0.05) is 17.7 Å². The van der Waals surface area contributed by atoms with Crippen LogP contribution in [0.1, 0.15) is 48.0 Å². The van der Waals surface area contributed by atoms with Crippen molar-refractivity contribution in [2.24, 2.45) is 0 Å². The topological polar surface area (TPSA) is 127 Å². The molecule has 3 aromatic heterocycles. The first kappa shape index (κ1) is 26.2. The zero-order valence-electron chi connectivity index (χ0n) is 21.8. The molecule has 0 fully saturated rings. The van der Waals surface area contributed by atoms with Crippen molar-refractivity contribution in [1.82, 2.24) is 14.5 Å². The third-order valence-corrected chi connectivity index (χ3v) is 6.60. The van der Waals surface area contributed by atoms with Gasteiger partial charge in [-0.25, -0.2) is 14.6 Å². The Morgan fingerprint density at radius 2 is 1.90 bits per heavy atom. The summed E-state index contributed by atoms with van der Waals surface area (Å²) in [7, 11) is 0. The quantitative estimate of drug-likeness (QED) is 0.352. The highest BCUT2D eigenvalue weighted by molar-refractivity contribution is 6.34. The Labute approximate surface area is 228 Å². The Bertz CT molecular complexity index is 1680. The maximum atomic E-state index is 13.1. The number of hydrogen-bond acceptors (Lipinski definition) is 7. The lowest BCUT2D eigenvalue weighted by atomic mass is 10.1. The van der Waals surface area contributed by atoms with Gasteiger partial charge in [0.2, 0.25) is 5.43 Å². The summed E-state index contributed by atoms with van der Waals surface area (Å²) in [6, 6.07) is 8.82. The van der Waals surface area contributed by atoms with E-state index in [4.69, 9.17) is 16.3 Å². The number of carbonyl (C=O) groups is 2. The molecule has 0 atom stereocenters. The Morgan fingerprint density at radius 1 is 1.13 bits per heavy atom. The van der Waals surface area contributed by atoms with Gasteiger partial charge in [0.15, 0.2) is 0 Å². The highest BCUT2D eigenvalue weighted by Gasteiger charge is 2.25. The second-order valence-corrected chi connectivity index (χ2v) is 10.7. The number of aromatic nitrogens is 3. The van der Waals surface area contributed by atoms with Crippen LogP contribution in [0.15, 0.2) is 53.7 Å². The molecule has 10 nitrogen and oxygen atoms in total. The highest BCUT2D eigenvalue weighted by atomic mass is 35.5. The van der Waals surface area contributed by atoms with Crippen LogP contribution in [0, 0.1) is 6.92 Å². The number of aryl methyl sites for hydroxylation is 1. The van der Waals surface area contributed by atoms with Crippen LogP contribution in [0.25, 0.3) is 16.6 Å². The van der Waals surface area contributed by atoms with Gasteiger partial charge in [-0.2, -0.15) is 0 Å². The molecule has 5 rings (SSSR count). The molecule has 4 heterocycles. The monoisotopic (exact) mass is 547 g/mol. The van der Waals surface area contributed by atoms with Crippen molar-refractivity contribution < 1.29 is 19.4 Å². The Morgan fingerprint density at radius 3 is 2.56 bits per heavy atom. The number of rotatable bonds is 4. The number of pyridine rings is 3. The normalized spacial score (nSPS) is 12.9. The van der Waals surface area contributed by atoms with E-state index in [2.05, 4.69) is 20.2 Å². The van der Waals surface area contributed by atoms with E-state index >= 15 is 0 Å². The van der Waals surface area contributed by atoms with Crippen LogP contribution in [-0.2, 0) is 17.8 Å². The molecule has 0 saturated carbocycles. The third-order valence-electron chi connectivity index (χ3n) is 6.30. The first-order valence-electron chi connectivity index (χ1n) is 12.2. The Balaban J connectivity index is 1.62. The van der Waals surface area contributed by atoms with Crippen LogP contribution < -0.4 is 15.6 Å². The number of hydrogen-bond donors (Lipinski definition) is 2. The van der Waals surface area contributed by atoms with Crippen LogP contribution in [0.3, 0.4) is 0 Å². The maximum absolute atomic E-state index is 13.1. The molecule has 0 saturated heterocycles. The number of anilines is 2. The van der Waals surface area contributed by atoms with Gasteiger partial charge in [-0.3, -0.25) is 15.1 Å². The van der Waals surface area contributed by atoms with Crippen molar-refractivity contribution in [2.75, 3.05) is 10.2 Å². The average molecular weight is 548 g/mol. The predicted octanol–water partition coefficient (Wildman–Crippen LogP) is 5.31. The average Bonchev–Trinajstić information content (AvgIpc) is 3.27. The number of nitrogens with zero attached hydrogens (tertiary/aromatic N) is 4. The van der Waals surface area contributed by atoms with Crippen molar-refractivity contribution in [2.45, 2.75) is 46.4 Å². The van der Waals surface area contributed by atoms with Gasteiger partial charge in [0.1, 0.15) is 17.0 Å². The number of nitrogens with one attached hydrogen (secondary N) is 1. The molecular weight excluding hydrogens is 522 g/mol. The summed E-state index contributed by atoms with van der Waals surface area (Å²) in [5, 5.41) is 12.8. The molecule has 1 amide bonds. The van der Waals surface area contributed by atoms with Gasteiger partial charge in [0, 0.05) is 24.3 Å². The molecule has 39 heavy (non-hydrogen) atoms. The van der Waals surface area contributed by atoms with Crippen molar-refractivity contribution >= 4 is 46.1 Å². The molecule has 0 bridgehead atoms. The van der Waals surface area contributed by atoms with Gasteiger partial charge < -0.3 is 19.3 Å². The van der Waals surface area contributed by atoms with E-state index in [0.717, 1.165) is 11.3 Å². The third kappa shape index (κ3) is 5.15. The van der Waals surface area contributed by atoms with Crippen molar-refractivity contribution in [3.05, 3.63) is 86.6 Å². The lowest BCUT2D eigenvalue weighted by Gasteiger charge is -2.22. The van der Waals surface area contributed by atoms with Crippen LogP contribution in [0.5, 0.6) is 0 Å². The number of amides is 1. The first-order valence-corrected chi connectivity index (χ1v) is 12.6. The minimum atomic E-state index is -1.36. The van der Waals surface area contributed by atoms with E-state index in [1.807, 2.05) is 12.1 Å². The summed E-state index contributed by atoms with van der Waals surface area (Å²) in [6.07, 6.45) is 3.88. The van der Waals surface area contributed by atoms with Crippen LogP contribution >= 0.6 is 11.6 Å². The number of carbonyl (C=O) groups excluding carboxylic acids is 1. The molecule has 4 aromatic rings. The molecule has 0 radical (unpaired) electrons. The number of carboxylic acid groups (broad SMARTS) is 1. The smallest absolute Gasteiger partial charge is 0.413 e. The largest absolute Gasteiger partial charge is 0.477 e. The minimum absolute atomic E-state index is 0.161. The van der Waals surface area contributed by atoms with E-state index in [1.165, 1.54) is 18.5 Å². The zero-order chi connectivity index (χ0) is 28.1. The van der Waals surface area contributed by atoms with E-state index in [9.17, 15) is 19.5 Å². The second-order valence-electron chi connectivity index (χ2n) is 10.3. The number of fused-ring (bicyclic) bond motifs is 2. The summed E-state index contributed by atoms with van der Waals surface area (Å²) in [4.78, 5) is 48.1. The number of carboxylic acids is 1. The standard InChI is InChI=1S/C28H26ClN5O5/c1-15-8-24(32-27(38)39-28(2,3)4)31-11-23(15)34-13-18(26(36)37)25(35)17-9-19(29)22(10-21(17)34)33-12-16-6-5-7-30-20(16)14-33/h5-11,13H,12,14H2,1-4H3,(H,36,37)(H,31,32,38). The SMILES string of the molecule is Cc1cc(NC(=O)OC(C)(C)C)ncc1-n1cc(C(=O)O)c(=O)c2cc(Cl)c(N3Cc4cccnc4C3)cc21. The molecular formula is C28H26ClN5O5. The molecule has 0 spiro atoms. The van der Waals surface area contributed by atoms with Crippen molar-refractivity contribution in [1.29, 1.82) is 0 Å². The van der Waals surface area contributed by atoms with Gasteiger partial charge >= 0.3 is 12.1 Å². The highest BCUT2D eigenvalue weighted by Crippen LogP contribution is 2.36. The first-order chi connectivity index (χ1) is 18.4. The Kier molecular flexibility index (Phi) is 6.51. The minimum Gasteiger partial charge on any atom is -0.477 e. The number of halogens is 1. The van der Waals surface area contributed by atoms with Crippen LogP contribution in [-0.4, -0.2) is 37.3 Å². The lowest BCUT2D eigenvalue weighted by molar-refractivity contribution is 0.0633. The summed E-state index contributed by atoms with van der Waals surface area (Å²) in [5.74, 6) is -1.09. The molecule has 1 aliphatic rings. The molecule has 11 heteroatoms. The zero-order valence-corrected chi connectivity index (χ0v) is 22.5. The molecule has 1 aliphatic heterocycles. The van der Waals surface area contributed by atoms with E-state index in [0.29, 0.717) is 40.6 Å². The summed E-state index contributed by atoms with van der Waals surface area (Å²) in [5.41, 5.74) is 2.66. The fraction of sp³-hybridized carbons (Fsp3) is 0.250. The summed E-state index contributed by atoms with van der Waals surface area (Å²) < 4.78 is 6.90. The molecule has 1 aromatic carbocycles. The van der Waals surface area contributed by atoms with Crippen molar-refractivity contribution in [3.8, 4) is 5.69 Å². The maximum Gasteiger partial charge on any atom is 0.413 e. The van der Waals surface area contributed by atoms with Gasteiger partial charge in [0.25, 0.3) is 0 Å². The number of ether oxygens (including phenoxy) is 1. The van der Waals surface area contributed by atoms with Crippen LogP contribution in [0.2, 0.25) is 5.02 Å². The summed E-state index contributed by atoms with van der Waals surface area (Å²) >= 11 is 6.65. The molecule has 2 N–H and O–H groups in total. The van der Waals surface area contributed by atoms with E-state index in [-0.39, 0.29) is 11.2 Å². The fourth-order valence-corrected chi connectivity index (χ4v) is 4.86. The second kappa shape index (κ2) is 9.70.